The molecule has 1 saturated heterocycles. The number of imide groups is 1. The lowest BCUT2D eigenvalue weighted by atomic mass is 9.77. The van der Waals surface area contributed by atoms with E-state index in [4.69, 9.17) is 4.74 Å². The van der Waals surface area contributed by atoms with E-state index in [-0.39, 0.29) is 0 Å². The van der Waals surface area contributed by atoms with Crippen LogP contribution in [-0.4, -0.2) is 41.0 Å². The molecule has 1 aliphatic heterocycles. The van der Waals surface area contributed by atoms with Gasteiger partial charge in [-0.05, 0) is 60.1 Å². The summed E-state index contributed by atoms with van der Waals surface area (Å²) in [5.74, 6) is -1.40. The molecule has 1 aromatic rings. The standard InChI is InChI=1S/C18H21N3O5S/c1-12-4-7-18(8-5-12)16(24)21(17(25)19-18)20-14(22)10-26-15(23)3-2-13-6-9-27-11-13/h2-3,6,9,11-12H,4-5,7-8,10H2,1H3,(H,19,25)(H,20,22)/b3-2+. The average molecular weight is 391 g/mol. The topological polar surface area (TPSA) is 105 Å². The predicted octanol–water partition coefficient (Wildman–Crippen LogP) is 1.84. The van der Waals surface area contributed by atoms with E-state index >= 15 is 0 Å². The van der Waals surface area contributed by atoms with Crippen LogP contribution in [0.4, 0.5) is 4.79 Å². The van der Waals surface area contributed by atoms with Gasteiger partial charge in [0, 0.05) is 6.08 Å². The van der Waals surface area contributed by atoms with Gasteiger partial charge in [-0.2, -0.15) is 16.3 Å². The van der Waals surface area contributed by atoms with Crippen LogP contribution in [0.5, 0.6) is 0 Å². The first-order valence-corrected chi connectivity index (χ1v) is 9.67. The minimum absolute atomic E-state index is 0.462. The number of hydrogen-bond donors (Lipinski definition) is 2. The zero-order valence-electron chi connectivity index (χ0n) is 14.9. The second kappa shape index (κ2) is 7.91. The number of amides is 4. The lowest BCUT2D eigenvalue weighted by Crippen LogP contribution is -2.52. The smallest absolute Gasteiger partial charge is 0.344 e. The van der Waals surface area contributed by atoms with E-state index in [0.717, 1.165) is 18.4 Å². The number of rotatable bonds is 5. The number of thiophene rings is 1. The maximum Gasteiger partial charge on any atom is 0.344 e. The number of nitrogens with one attached hydrogen (secondary N) is 2. The van der Waals surface area contributed by atoms with E-state index in [0.29, 0.717) is 23.8 Å². The quantitative estimate of drug-likeness (QED) is 0.453. The minimum Gasteiger partial charge on any atom is -0.452 e. The molecule has 2 heterocycles. The van der Waals surface area contributed by atoms with Gasteiger partial charge in [0.15, 0.2) is 6.61 Å². The van der Waals surface area contributed by atoms with Crippen LogP contribution in [0.2, 0.25) is 0 Å². The summed E-state index contributed by atoms with van der Waals surface area (Å²) in [5, 5.41) is 7.12. The van der Waals surface area contributed by atoms with Crippen LogP contribution in [0.25, 0.3) is 6.08 Å². The van der Waals surface area contributed by atoms with E-state index in [1.54, 1.807) is 6.08 Å². The molecule has 3 rings (SSSR count). The summed E-state index contributed by atoms with van der Waals surface area (Å²) in [6.45, 7) is 1.52. The van der Waals surface area contributed by atoms with Gasteiger partial charge in [-0.15, -0.1) is 0 Å². The molecule has 1 aromatic heterocycles. The third-order valence-electron chi connectivity index (χ3n) is 4.83. The van der Waals surface area contributed by atoms with Crippen LogP contribution >= 0.6 is 11.3 Å². The van der Waals surface area contributed by atoms with E-state index in [1.807, 2.05) is 16.8 Å². The molecule has 2 N–H and O–H groups in total. The van der Waals surface area contributed by atoms with E-state index in [9.17, 15) is 19.2 Å². The maximum absolute atomic E-state index is 12.6. The van der Waals surface area contributed by atoms with Gasteiger partial charge in [-0.25, -0.2) is 9.59 Å². The molecule has 144 valence electrons. The van der Waals surface area contributed by atoms with Crippen molar-refractivity contribution in [2.45, 2.75) is 38.1 Å². The molecule has 1 aliphatic carbocycles. The Hall–Kier alpha value is -2.68. The predicted molar refractivity (Wildman–Crippen MR) is 98.2 cm³/mol. The summed E-state index contributed by atoms with van der Waals surface area (Å²) in [6.07, 6.45) is 5.55. The van der Waals surface area contributed by atoms with Gasteiger partial charge in [0.25, 0.3) is 11.8 Å². The molecule has 0 unspecified atom stereocenters. The highest BCUT2D eigenvalue weighted by Gasteiger charge is 2.52. The maximum atomic E-state index is 12.6. The summed E-state index contributed by atoms with van der Waals surface area (Å²) < 4.78 is 4.83. The highest BCUT2D eigenvalue weighted by molar-refractivity contribution is 7.08. The molecule has 0 aromatic carbocycles. The third-order valence-corrected chi connectivity index (χ3v) is 5.53. The monoisotopic (exact) mass is 391 g/mol. The fourth-order valence-corrected chi connectivity index (χ4v) is 3.82. The molecular formula is C18H21N3O5S. The van der Waals surface area contributed by atoms with E-state index in [1.165, 1.54) is 17.4 Å². The molecule has 4 amide bonds. The number of carbonyl (C=O) groups excluding carboxylic acids is 4. The summed E-state index contributed by atoms with van der Waals surface area (Å²) in [4.78, 5) is 48.3. The van der Waals surface area contributed by atoms with Gasteiger partial charge in [0.2, 0.25) is 0 Å². The fourth-order valence-electron chi connectivity index (χ4n) is 3.19. The number of urea groups is 1. The summed E-state index contributed by atoms with van der Waals surface area (Å²) in [7, 11) is 0. The second-order valence-corrected chi connectivity index (χ2v) is 7.65. The van der Waals surface area contributed by atoms with Gasteiger partial charge in [0.05, 0.1) is 0 Å². The highest BCUT2D eigenvalue weighted by Crippen LogP contribution is 2.35. The number of ether oxygens (including phenoxy) is 1. The molecule has 0 bridgehead atoms. The van der Waals surface area contributed by atoms with Crippen molar-refractivity contribution in [3.8, 4) is 0 Å². The molecule has 8 nitrogen and oxygen atoms in total. The van der Waals surface area contributed by atoms with Crippen molar-refractivity contribution in [2.75, 3.05) is 6.61 Å². The highest BCUT2D eigenvalue weighted by atomic mass is 32.1. The molecule has 9 heteroatoms. The molecule has 1 saturated carbocycles. The van der Waals surface area contributed by atoms with Crippen molar-refractivity contribution >= 4 is 41.2 Å². The van der Waals surface area contributed by atoms with Crippen molar-refractivity contribution in [1.82, 2.24) is 15.8 Å². The molecule has 0 atom stereocenters. The Morgan fingerprint density at radius 2 is 2.15 bits per heavy atom. The van der Waals surface area contributed by atoms with E-state index in [2.05, 4.69) is 17.7 Å². The molecule has 0 radical (unpaired) electrons. The summed E-state index contributed by atoms with van der Waals surface area (Å²) >= 11 is 1.49. The SMILES string of the molecule is CC1CCC2(CC1)NC(=O)N(NC(=O)COC(=O)/C=C/c1ccsc1)C2=O. The molecular weight excluding hydrogens is 370 g/mol. The Balaban J connectivity index is 1.49. The van der Waals surface area contributed by atoms with Crippen molar-refractivity contribution in [3.05, 3.63) is 28.5 Å². The third kappa shape index (κ3) is 4.36. The van der Waals surface area contributed by atoms with Gasteiger partial charge in [-0.3, -0.25) is 15.0 Å². The first-order valence-electron chi connectivity index (χ1n) is 8.73. The van der Waals surface area contributed by atoms with Crippen LogP contribution in [-0.2, 0) is 19.1 Å². The van der Waals surface area contributed by atoms with Crippen LogP contribution in [0.1, 0.15) is 38.2 Å². The normalized spacial score (nSPS) is 25.1. The zero-order chi connectivity index (χ0) is 19.4. The lowest BCUT2D eigenvalue weighted by Gasteiger charge is -2.33. The van der Waals surface area contributed by atoms with Crippen LogP contribution in [0.3, 0.4) is 0 Å². The van der Waals surface area contributed by atoms with Gasteiger partial charge >= 0.3 is 12.0 Å². The molecule has 2 fully saturated rings. The number of nitrogens with zero attached hydrogens (tertiary/aromatic N) is 1. The Kier molecular flexibility index (Phi) is 5.59. The molecule has 2 aliphatic rings. The lowest BCUT2D eigenvalue weighted by molar-refractivity contribution is -0.147. The van der Waals surface area contributed by atoms with Crippen LogP contribution in [0, 0.1) is 5.92 Å². The van der Waals surface area contributed by atoms with Gasteiger partial charge in [-0.1, -0.05) is 6.92 Å². The van der Waals surface area contributed by atoms with E-state index < -0.39 is 36.0 Å². The number of hydrogen-bond acceptors (Lipinski definition) is 6. The van der Waals surface area contributed by atoms with Crippen LogP contribution in [0.15, 0.2) is 22.9 Å². The number of hydrazine groups is 1. The Morgan fingerprint density at radius 1 is 1.41 bits per heavy atom. The largest absolute Gasteiger partial charge is 0.452 e. The second-order valence-electron chi connectivity index (χ2n) is 6.87. The van der Waals surface area contributed by atoms with Crippen molar-refractivity contribution in [3.63, 3.8) is 0 Å². The first kappa shape index (κ1) is 19.1. The average Bonchev–Trinajstić information content (AvgIpc) is 3.24. The molecule has 1 spiro atoms. The van der Waals surface area contributed by atoms with Crippen molar-refractivity contribution in [1.29, 1.82) is 0 Å². The zero-order valence-corrected chi connectivity index (χ0v) is 15.7. The first-order chi connectivity index (χ1) is 12.9. The Morgan fingerprint density at radius 3 is 2.81 bits per heavy atom. The van der Waals surface area contributed by atoms with Crippen molar-refractivity contribution in [2.24, 2.45) is 5.92 Å². The minimum atomic E-state index is -0.934. The van der Waals surface area contributed by atoms with Crippen LogP contribution < -0.4 is 10.7 Å². The fraction of sp³-hybridized carbons (Fsp3) is 0.444. The van der Waals surface area contributed by atoms with Gasteiger partial charge in [0.1, 0.15) is 5.54 Å². The summed E-state index contributed by atoms with van der Waals surface area (Å²) in [5.41, 5.74) is 2.14. The Bertz CT molecular complexity index is 766. The van der Waals surface area contributed by atoms with Crippen molar-refractivity contribution < 1.29 is 23.9 Å². The Labute approximate surface area is 160 Å². The number of carbonyl (C=O) groups is 4. The number of esters is 1. The molecule has 27 heavy (non-hydrogen) atoms. The summed E-state index contributed by atoms with van der Waals surface area (Å²) in [6, 6.07) is 1.17. The van der Waals surface area contributed by atoms with Gasteiger partial charge < -0.3 is 10.1 Å².